The van der Waals surface area contributed by atoms with Crippen molar-refractivity contribution in [2.45, 2.75) is 38.6 Å². The lowest BCUT2D eigenvalue weighted by molar-refractivity contribution is 0.219. The second kappa shape index (κ2) is 6.25. The van der Waals surface area contributed by atoms with E-state index in [-0.39, 0.29) is 11.5 Å². The third-order valence-electron chi connectivity index (χ3n) is 4.03. The maximum Gasteiger partial charge on any atom is 0.149 e. The van der Waals surface area contributed by atoms with E-state index in [0.29, 0.717) is 5.82 Å². The predicted molar refractivity (Wildman–Crippen MR) is 86.0 cm³/mol. The molecule has 1 unspecified atom stereocenters. The zero-order chi connectivity index (χ0) is 15.6. The largest absolute Gasteiger partial charge is 0.308 e. The van der Waals surface area contributed by atoms with Crippen molar-refractivity contribution in [2.24, 2.45) is 5.84 Å². The standard InChI is InChI=1S/C15H28N6/c1-15(2,3)12-9-13(19-16)18-14(17-12)11-10-20(4)7-6-8-21(11)5/h9,11H,6-8,10,16H2,1-5H3,(H,17,18,19). The van der Waals surface area contributed by atoms with E-state index in [1.54, 1.807) is 0 Å². The van der Waals surface area contributed by atoms with E-state index >= 15 is 0 Å². The van der Waals surface area contributed by atoms with Crippen LogP contribution in [-0.4, -0.2) is 53.5 Å². The first kappa shape index (κ1) is 16.1. The SMILES string of the molecule is CN1CCCN(C)C(c2nc(NN)cc(C(C)(C)C)n2)C1. The van der Waals surface area contributed by atoms with Crippen LogP contribution in [0.1, 0.15) is 44.8 Å². The molecule has 21 heavy (non-hydrogen) atoms. The Bertz CT molecular complexity index is 482. The summed E-state index contributed by atoms with van der Waals surface area (Å²) in [6.45, 7) is 9.58. The smallest absolute Gasteiger partial charge is 0.149 e. The molecule has 1 aromatic rings. The maximum absolute atomic E-state index is 5.59. The van der Waals surface area contributed by atoms with Gasteiger partial charge in [-0.25, -0.2) is 15.8 Å². The van der Waals surface area contributed by atoms with Crippen LogP contribution in [0.15, 0.2) is 6.07 Å². The first-order valence-electron chi connectivity index (χ1n) is 7.56. The minimum Gasteiger partial charge on any atom is -0.308 e. The summed E-state index contributed by atoms with van der Waals surface area (Å²) in [5.41, 5.74) is 3.66. The van der Waals surface area contributed by atoms with E-state index in [0.717, 1.165) is 31.2 Å². The molecule has 1 fully saturated rings. The molecular formula is C15H28N6. The highest BCUT2D eigenvalue weighted by Gasteiger charge is 2.27. The van der Waals surface area contributed by atoms with E-state index in [2.05, 4.69) is 55.1 Å². The highest BCUT2D eigenvalue weighted by Crippen LogP contribution is 2.26. The summed E-state index contributed by atoms with van der Waals surface area (Å²) >= 11 is 0. The number of nitrogens with two attached hydrogens (primary N) is 1. The zero-order valence-corrected chi connectivity index (χ0v) is 13.8. The Morgan fingerprint density at radius 3 is 2.57 bits per heavy atom. The number of anilines is 1. The summed E-state index contributed by atoms with van der Waals surface area (Å²) in [7, 11) is 4.30. The molecule has 0 radical (unpaired) electrons. The fourth-order valence-corrected chi connectivity index (χ4v) is 2.62. The molecule has 1 saturated heterocycles. The third kappa shape index (κ3) is 3.90. The lowest BCUT2D eigenvalue weighted by Gasteiger charge is -2.28. The molecule has 118 valence electrons. The Kier molecular flexibility index (Phi) is 4.81. The van der Waals surface area contributed by atoms with E-state index in [1.807, 2.05) is 6.07 Å². The fourth-order valence-electron chi connectivity index (χ4n) is 2.62. The van der Waals surface area contributed by atoms with Crippen molar-refractivity contribution < 1.29 is 0 Å². The minimum atomic E-state index is -0.0293. The highest BCUT2D eigenvalue weighted by atomic mass is 15.3. The van der Waals surface area contributed by atoms with E-state index in [9.17, 15) is 0 Å². The molecule has 1 aliphatic rings. The summed E-state index contributed by atoms with van der Waals surface area (Å²) in [6, 6.07) is 2.14. The first-order valence-corrected chi connectivity index (χ1v) is 7.56. The van der Waals surface area contributed by atoms with Gasteiger partial charge in [0.05, 0.1) is 11.7 Å². The van der Waals surface area contributed by atoms with Crippen molar-refractivity contribution in [3.05, 3.63) is 17.6 Å². The molecular weight excluding hydrogens is 264 g/mol. The molecule has 3 N–H and O–H groups in total. The van der Waals surface area contributed by atoms with Gasteiger partial charge in [-0.1, -0.05) is 20.8 Å². The molecule has 0 bridgehead atoms. The predicted octanol–water partition coefficient (Wildman–Crippen LogP) is 1.37. The minimum absolute atomic E-state index is 0.0293. The summed E-state index contributed by atoms with van der Waals surface area (Å²) in [5, 5.41) is 0. The molecule has 6 nitrogen and oxygen atoms in total. The average Bonchev–Trinajstić information content (AvgIpc) is 2.59. The van der Waals surface area contributed by atoms with Gasteiger partial charge < -0.3 is 10.3 Å². The number of aromatic nitrogens is 2. The van der Waals surface area contributed by atoms with Crippen LogP contribution in [0.4, 0.5) is 5.82 Å². The average molecular weight is 292 g/mol. The Balaban J connectivity index is 2.41. The molecule has 0 aromatic carbocycles. The number of rotatable bonds is 2. The van der Waals surface area contributed by atoms with Gasteiger partial charge in [0.25, 0.3) is 0 Å². The van der Waals surface area contributed by atoms with Gasteiger partial charge in [-0.05, 0) is 33.6 Å². The van der Waals surface area contributed by atoms with Crippen molar-refractivity contribution in [3.8, 4) is 0 Å². The number of nitrogens with zero attached hydrogens (tertiary/aromatic N) is 4. The van der Waals surface area contributed by atoms with Gasteiger partial charge in [-0.15, -0.1) is 0 Å². The van der Waals surface area contributed by atoms with Crippen molar-refractivity contribution in [3.63, 3.8) is 0 Å². The van der Waals surface area contributed by atoms with Gasteiger partial charge in [0.2, 0.25) is 0 Å². The van der Waals surface area contributed by atoms with Crippen LogP contribution in [-0.2, 0) is 5.41 Å². The molecule has 0 spiro atoms. The second-order valence-electron chi connectivity index (χ2n) is 7.00. The number of hydrazine groups is 1. The molecule has 0 saturated carbocycles. The zero-order valence-electron chi connectivity index (χ0n) is 13.8. The Morgan fingerprint density at radius 2 is 1.95 bits per heavy atom. The van der Waals surface area contributed by atoms with E-state index < -0.39 is 0 Å². The van der Waals surface area contributed by atoms with Gasteiger partial charge in [-0.3, -0.25) is 4.90 Å². The van der Waals surface area contributed by atoms with Gasteiger partial charge in [0.1, 0.15) is 11.6 Å². The fraction of sp³-hybridized carbons (Fsp3) is 0.733. The van der Waals surface area contributed by atoms with Crippen LogP contribution in [0.5, 0.6) is 0 Å². The van der Waals surface area contributed by atoms with E-state index in [4.69, 9.17) is 10.8 Å². The lowest BCUT2D eigenvalue weighted by Crippen LogP contribution is -2.33. The Morgan fingerprint density at radius 1 is 1.24 bits per heavy atom. The summed E-state index contributed by atoms with van der Waals surface area (Å²) in [5.74, 6) is 7.13. The van der Waals surface area contributed by atoms with Crippen molar-refractivity contribution >= 4 is 5.82 Å². The van der Waals surface area contributed by atoms with Crippen LogP contribution < -0.4 is 11.3 Å². The van der Waals surface area contributed by atoms with Gasteiger partial charge in [0.15, 0.2) is 0 Å². The normalized spacial score (nSPS) is 22.1. The van der Waals surface area contributed by atoms with Crippen LogP contribution in [0.3, 0.4) is 0 Å². The summed E-state index contributed by atoms with van der Waals surface area (Å²) in [4.78, 5) is 14.1. The monoisotopic (exact) mass is 292 g/mol. The molecule has 0 amide bonds. The molecule has 1 atom stereocenters. The van der Waals surface area contributed by atoms with E-state index in [1.165, 1.54) is 6.42 Å². The Labute approximate surface area is 127 Å². The maximum atomic E-state index is 5.59. The molecule has 0 aliphatic carbocycles. The first-order chi connectivity index (χ1) is 9.81. The third-order valence-corrected chi connectivity index (χ3v) is 4.03. The van der Waals surface area contributed by atoms with Crippen LogP contribution in [0, 0.1) is 0 Å². The highest BCUT2D eigenvalue weighted by molar-refractivity contribution is 5.37. The Hall–Kier alpha value is -1.24. The number of likely N-dealkylation sites (N-methyl/N-ethyl adjacent to an activating group) is 2. The lowest BCUT2D eigenvalue weighted by atomic mass is 9.91. The number of hydrogen-bond donors (Lipinski definition) is 2. The molecule has 2 heterocycles. The van der Waals surface area contributed by atoms with Crippen LogP contribution in [0.25, 0.3) is 0 Å². The summed E-state index contributed by atoms with van der Waals surface area (Å²) in [6.07, 6.45) is 1.17. The second-order valence-corrected chi connectivity index (χ2v) is 7.00. The molecule has 1 aromatic heterocycles. The van der Waals surface area contributed by atoms with Crippen molar-refractivity contribution in [1.82, 2.24) is 19.8 Å². The molecule has 1 aliphatic heterocycles. The quantitative estimate of drug-likeness (QED) is 0.634. The molecule has 2 rings (SSSR count). The summed E-state index contributed by atoms with van der Waals surface area (Å²) < 4.78 is 0. The van der Waals surface area contributed by atoms with Crippen molar-refractivity contribution in [1.29, 1.82) is 0 Å². The van der Waals surface area contributed by atoms with Gasteiger partial charge in [-0.2, -0.15) is 0 Å². The van der Waals surface area contributed by atoms with Crippen molar-refractivity contribution in [2.75, 3.05) is 39.2 Å². The molecule has 6 heteroatoms. The number of hydrogen-bond acceptors (Lipinski definition) is 6. The number of nitrogen functional groups attached to an aromatic ring is 1. The van der Waals surface area contributed by atoms with Crippen LogP contribution in [0.2, 0.25) is 0 Å². The van der Waals surface area contributed by atoms with Crippen LogP contribution >= 0.6 is 0 Å². The van der Waals surface area contributed by atoms with Gasteiger partial charge in [0, 0.05) is 18.0 Å². The topological polar surface area (TPSA) is 70.3 Å². The van der Waals surface area contributed by atoms with Gasteiger partial charge >= 0.3 is 0 Å². The number of nitrogens with one attached hydrogen (secondary N) is 1.